The van der Waals surface area contributed by atoms with Gasteiger partial charge in [0, 0.05) is 18.8 Å². The van der Waals surface area contributed by atoms with Crippen LogP contribution in [0.1, 0.15) is 12.5 Å². The van der Waals surface area contributed by atoms with Crippen molar-refractivity contribution in [1.82, 2.24) is 4.90 Å². The van der Waals surface area contributed by atoms with Crippen molar-refractivity contribution in [1.29, 1.82) is 0 Å². The Morgan fingerprint density at radius 1 is 1.15 bits per heavy atom. The molecule has 0 spiro atoms. The molecule has 2 amide bonds. The monoisotopic (exact) mass is 280 g/mol. The van der Waals surface area contributed by atoms with Crippen molar-refractivity contribution in [3.8, 4) is 0 Å². The highest BCUT2D eigenvalue weighted by molar-refractivity contribution is 6.39. The summed E-state index contributed by atoms with van der Waals surface area (Å²) in [5, 5.41) is 20.3. The summed E-state index contributed by atoms with van der Waals surface area (Å²) >= 11 is 0. The molecule has 0 aliphatic rings. The normalized spacial score (nSPS) is 10.2. The van der Waals surface area contributed by atoms with Crippen molar-refractivity contribution in [3.63, 3.8) is 0 Å². The molecule has 3 N–H and O–H groups in total. The molecule has 0 radical (unpaired) electrons. The number of benzene rings is 1. The molecule has 0 saturated heterocycles. The highest BCUT2D eigenvalue weighted by Crippen LogP contribution is 2.15. The van der Waals surface area contributed by atoms with E-state index in [0.717, 1.165) is 16.9 Å². The lowest BCUT2D eigenvalue weighted by molar-refractivity contribution is -0.143. The van der Waals surface area contributed by atoms with Crippen LogP contribution in [0.4, 0.5) is 5.69 Å². The highest BCUT2D eigenvalue weighted by Gasteiger charge is 2.21. The molecule has 0 bridgehead atoms. The van der Waals surface area contributed by atoms with E-state index < -0.39 is 11.8 Å². The third-order valence-electron chi connectivity index (χ3n) is 2.87. The number of carbonyl (C=O) groups is 2. The number of hydrogen-bond donors (Lipinski definition) is 3. The number of aryl methyl sites for hydroxylation is 1. The number of aliphatic hydroxyl groups is 2. The molecule has 0 atom stereocenters. The summed E-state index contributed by atoms with van der Waals surface area (Å²) in [4.78, 5) is 24.9. The third-order valence-corrected chi connectivity index (χ3v) is 2.87. The molecule has 0 aliphatic heterocycles. The van der Waals surface area contributed by atoms with Crippen LogP contribution in [0.25, 0.3) is 0 Å². The van der Waals surface area contributed by atoms with Crippen LogP contribution in [0.2, 0.25) is 0 Å². The first-order chi connectivity index (χ1) is 9.63. The second-order valence-electron chi connectivity index (χ2n) is 4.20. The van der Waals surface area contributed by atoms with Gasteiger partial charge in [0.05, 0.1) is 13.2 Å². The first-order valence-electron chi connectivity index (χ1n) is 6.53. The van der Waals surface area contributed by atoms with Crippen molar-refractivity contribution in [3.05, 3.63) is 29.8 Å². The number of hydrogen-bond acceptors (Lipinski definition) is 4. The van der Waals surface area contributed by atoms with Gasteiger partial charge in [-0.05, 0) is 18.1 Å². The molecule has 1 aromatic rings. The van der Waals surface area contributed by atoms with Crippen LogP contribution in [-0.2, 0) is 16.0 Å². The second kappa shape index (κ2) is 8.29. The predicted molar refractivity (Wildman–Crippen MR) is 75.2 cm³/mol. The van der Waals surface area contributed by atoms with E-state index in [1.54, 1.807) is 12.1 Å². The van der Waals surface area contributed by atoms with Gasteiger partial charge >= 0.3 is 11.8 Å². The van der Waals surface area contributed by atoms with Gasteiger partial charge in [0.25, 0.3) is 0 Å². The number of nitrogens with zero attached hydrogens (tertiary/aromatic N) is 1. The summed E-state index contributed by atoms with van der Waals surface area (Å²) in [6, 6.07) is 7.24. The van der Waals surface area contributed by atoms with Crippen LogP contribution in [-0.4, -0.2) is 53.2 Å². The largest absolute Gasteiger partial charge is 0.395 e. The summed E-state index contributed by atoms with van der Waals surface area (Å²) in [6.07, 6.45) is 0.738. The van der Waals surface area contributed by atoms with E-state index in [1.165, 1.54) is 0 Å². The van der Waals surface area contributed by atoms with Crippen LogP contribution in [0.15, 0.2) is 24.3 Å². The van der Waals surface area contributed by atoms with Crippen molar-refractivity contribution in [2.45, 2.75) is 13.3 Å². The summed E-state index contributed by atoms with van der Waals surface area (Å²) in [6.45, 7) is 1.47. The highest BCUT2D eigenvalue weighted by atomic mass is 16.3. The average molecular weight is 280 g/mol. The molecule has 110 valence electrons. The number of rotatable bonds is 6. The smallest absolute Gasteiger partial charge is 0.313 e. The molecule has 1 rings (SSSR count). The minimum Gasteiger partial charge on any atom is -0.395 e. The fraction of sp³-hybridized carbons (Fsp3) is 0.429. The van der Waals surface area contributed by atoms with Gasteiger partial charge in [-0.1, -0.05) is 25.1 Å². The van der Waals surface area contributed by atoms with Gasteiger partial charge in [-0.15, -0.1) is 0 Å². The van der Waals surface area contributed by atoms with E-state index in [1.807, 2.05) is 19.1 Å². The number of anilines is 1. The number of aliphatic hydroxyl groups excluding tert-OH is 2. The molecule has 6 nitrogen and oxygen atoms in total. The maximum atomic E-state index is 11.9. The Bertz CT molecular complexity index is 456. The molecule has 6 heteroatoms. The van der Waals surface area contributed by atoms with Gasteiger partial charge in [-0.2, -0.15) is 0 Å². The van der Waals surface area contributed by atoms with Crippen LogP contribution in [0.3, 0.4) is 0 Å². The number of para-hydroxylation sites is 1. The van der Waals surface area contributed by atoms with E-state index in [-0.39, 0.29) is 26.3 Å². The summed E-state index contributed by atoms with van der Waals surface area (Å²) in [5.74, 6) is -1.54. The standard InChI is InChI=1S/C14H20N2O4/c1-2-11-5-3-4-6-12(11)15-13(19)14(20)16(7-9-17)8-10-18/h3-6,17-18H,2,7-10H2,1H3,(H,15,19). The topological polar surface area (TPSA) is 89.9 Å². The lowest BCUT2D eigenvalue weighted by Crippen LogP contribution is -2.42. The number of carbonyl (C=O) groups excluding carboxylic acids is 2. The Hall–Kier alpha value is -1.92. The fourth-order valence-electron chi connectivity index (χ4n) is 1.83. The number of nitrogens with one attached hydrogen (secondary N) is 1. The zero-order valence-corrected chi connectivity index (χ0v) is 11.5. The van der Waals surface area contributed by atoms with Gasteiger partial charge in [-0.25, -0.2) is 0 Å². The first-order valence-corrected chi connectivity index (χ1v) is 6.53. The van der Waals surface area contributed by atoms with Gasteiger partial charge in [0.1, 0.15) is 0 Å². The van der Waals surface area contributed by atoms with E-state index >= 15 is 0 Å². The zero-order chi connectivity index (χ0) is 15.0. The van der Waals surface area contributed by atoms with E-state index in [4.69, 9.17) is 10.2 Å². The molecule has 1 aromatic carbocycles. The third kappa shape index (κ3) is 4.32. The van der Waals surface area contributed by atoms with Crippen LogP contribution in [0.5, 0.6) is 0 Å². The molecular weight excluding hydrogens is 260 g/mol. The predicted octanol–water partition coefficient (Wildman–Crippen LogP) is 0.000700. The Morgan fingerprint density at radius 2 is 1.75 bits per heavy atom. The van der Waals surface area contributed by atoms with Gasteiger partial charge < -0.3 is 20.4 Å². The summed E-state index contributed by atoms with van der Waals surface area (Å²) in [5.41, 5.74) is 1.53. The van der Waals surface area contributed by atoms with Crippen LogP contribution < -0.4 is 5.32 Å². The number of amides is 2. The van der Waals surface area contributed by atoms with E-state index in [0.29, 0.717) is 5.69 Å². The molecule has 0 aliphatic carbocycles. The Labute approximate surface area is 118 Å². The van der Waals surface area contributed by atoms with Crippen molar-refractivity contribution < 1.29 is 19.8 Å². The van der Waals surface area contributed by atoms with E-state index in [2.05, 4.69) is 5.32 Å². The summed E-state index contributed by atoms with van der Waals surface area (Å²) in [7, 11) is 0. The molecule has 0 unspecified atom stereocenters. The average Bonchev–Trinajstić information content (AvgIpc) is 2.46. The molecule has 0 fully saturated rings. The van der Waals surface area contributed by atoms with Crippen LogP contribution >= 0.6 is 0 Å². The van der Waals surface area contributed by atoms with Crippen molar-refractivity contribution in [2.24, 2.45) is 0 Å². The van der Waals surface area contributed by atoms with Gasteiger partial charge in [0.2, 0.25) is 0 Å². The first kappa shape index (κ1) is 16.1. The Kier molecular flexibility index (Phi) is 6.69. The van der Waals surface area contributed by atoms with E-state index in [9.17, 15) is 9.59 Å². The molecular formula is C14H20N2O4. The second-order valence-corrected chi connectivity index (χ2v) is 4.20. The molecule has 0 aromatic heterocycles. The SMILES string of the molecule is CCc1ccccc1NC(=O)C(=O)N(CCO)CCO. The fourth-order valence-corrected chi connectivity index (χ4v) is 1.83. The summed E-state index contributed by atoms with van der Waals surface area (Å²) < 4.78 is 0. The lowest BCUT2D eigenvalue weighted by Gasteiger charge is -2.20. The van der Waals surface area contributed by atoms with Gasteiger partial charge in [-0.3, -0.25) is 9.59 Å². The molecule has 0 heterocycles. The lowest BCUT2D eigenvalue weighted by atomic mass is 10.1. The Balaban J connectivity index is 2.76. The van der Waals surface area contributed by atoms with Crippen molar-refractivity contribution in [2.75, 3.05) is 31.6 Å². The molecule has 0 saturated carbocycles. The minimum absolute atomic E-state index is 0.0161. The zero-order valence-electron chi connectivity index (χ0n) is 11.5. The minimum atomic E-state index is -0.771. The van der Waals surface area contributed by atoms with Crippen molar-refractivity contribution >= 4 is 17.5 Å². The maximum absolute atomic E-state index is 11.9. The maximum Gasteiger partial charge on any atom is 0.313 e. The Morgan fingerprint density at radius 3 is 2.30 bits per heavy atom. The molecule has 20 heavy (non-hydrogen) atoms. The van der Waals surface area contributed by atoms with Gasteiger partial charge in [0.15, 0.2) is 0 Å². The van der Waals surface area contributed by atoms with Crippen LogP contribution in [0, 0.1) is 0 Å². The quantitative estimate of drug-likeness (QED) is 0.640.